The molecule has 0 saturated heterocycles. The second-order valence-electron chi connectivity index (χ2n) is 3.30. The zero-order chi connectivity index (χ0) is 14.9. The van der Waals surface area contributed by atoms with Crippen LogP contribution in [0.4, 0.5) is 0 Å². The van der Waals surface area contributed by atoms with Gasteiger partial charge in [-0.1, -0.05) is 6.92 Å². The first-order valence-corrected chi connectivity index (χ1v) is 10.7. The van der Waals surface area contributed by atoms with E-state index >= 15 is 0 Å². The minimum absolute atomic E-state index is 0.648. The van der Waals surface area contributed by atoms with Crippen LogP contribution in [0.2, 0.25) is 6.04 Å². The van der Waals surface area contributed by atoms with Gasteiger partial charge in [0, 0.05) is 42.7 Å². The molecular weight excluding hydrogens is 308 g/mol. The van der Waals surface area contributed by atoms with Crippen LogP contribution in [0.15, 0.2) is 0 Å². The molecule has 0 heterocycles. The van der Waals surface area contributed by atoms with Gasteiger partial charge in [-0.05, 0) is 6.04 Å². The standard InChI is InChI=1S/C8H24O8Si3/c1-8-17(15-18(9-2,10-3)11-4)16-19(12-5,13-6)14-7/h17H,8H2,1-7H3. The first kappa shape index (κ1) is 19.3. The lowest BCUT2D eigenvalue weighted by atomic mass is 11.0. The highest BCUT2D eigenvalue weighted by atomic mass is 28.5. The minimum atomic E-state index is -3.15. The van der Waals surface area contributed by atoms with Gasteiger partial charge in [0.1, 0.15) is 0 Å². The van der Waals surface area contributed by atoms with Crippen LogP contribution in [-0.2, 0) is 34.8 Å². The molecule has 0 aromatic carbocycles. The maximum Gasteiger partial charge on any atom is 0.669 e. The molecule has 0 spiro atoms. The average Bonchev–Trinajstić information content (AvgIpc) is 2.49. The van der Waals surface area contributed by atoms with Gasteiger partial charge in [-0.15, -0.1) is 0 Å². The Kier molecular flexibility index (Phi) is 9.46. The van der Waals surface area contributed by atoms with Crippen molar-refractivity contribution in [1.29, 1.82) is 0 Å². The van der Waals surface area contributed by atoms with E-state index in [0.29, 0.717) is 6.04 Å². The van der Waals surface area contributed by atoms with Crippen molar-refractivity contribution in [3.05, 3.63) is 0 Å². The van der Waals surface area contributed by atoms with Crippen LogP contribution in [0, 0.1) is 0 Å². The predicted molar refractivity (Wildman–Crippen MR) is 73.4 cm³/mol. The molecule has 0 aliphatic carbocycles. The van der Waals surface area contributed by atoms with Crippen molar-refractivity contribution in [2.24, 2.45) is 0 Å². The van der Waals surface area contributed by atoms with Gasteiger partial charge >= 0.3 is 27.4 Å². The Morgan fingerprint density at radius 3 is 1.05 bits per heavy atom. The summed E-state index contributed by atoms with van der Waals surface area (Å²) in [6, 6.07) is 0.648. The molecule has 0 aliphatic rings. The number of hydrogen-bond donors (Lipinski definition) is 0. The fraction of sp³-hybridized carbons (Fsp3) is 1.00. The van der Waals surface area contributed by atoms with Crippen molar-refractivity contribution < 1.29 is 34.8 Å². The fourth-order valence-electron chi connectivity index (χ4n) is 1.30. The summed E-state index contributed by atoms with van der Waals surface area (Å²) in [5.41, 5.74) is 0. The summed E-state index contributed by atoms with van der Waals surface area (Å²) < 4.78 is 42.8. The molecule has 116 valence electrons. The van der Waals surface area contributed by atoms with E-state index < -0.39 is 27.4 Å². The molecule has 0 bridgehead atoms. The molecule has 8 nitrogen and oxygen atoms in total. The van der Waals surface area contributed by atoms with E-state index in [2.05, 4.69) is 0 Å². The molecule has 0 rings (SSSR count). The highest BCUT2D eigenvalue weighted by molar-refractivity contribution is 6.70. The van der Waals surface area contributed by atoms with Crippen LogP contribution in [-0.4, -0.2) is 70.0 Å². The van der Waals surface area contributed by atoms with Crippen molar-refractivity contribution in [2.75, 3.05) is 42.7 Å². The van der Waals surface area contributed by atoms with Crippen LogP contribution in [0.3, 0.4) is 0 Å². The fourth-order valence-corrected chi connectivity index (χ4v) is 9.15. The van der Waals surface area contributed by atoms with Gasteiger partial charge in [0.05, 0.1) is 0 Å². The zero-order valence-corrected chi connectivity index (χ0v) is 15.7. The van der Waals surface area contributed by atoms with Crippen molar-refractivity contribution in [3.63, 3.8) is 0 Å². The lowest BCUT2D eigenvalue weighted by Crippen LogP contribution is -2.56. The number of rotatable bonds is 11. The summed E-state index contributed by atoms with van der Waals surface area (Å²) in [6.45, 7) is 1.93. The summed E-state index contributed by atoms with van der Waals surface area (Å²) >= 11 is 0. The molecule has 0 radical (unpaired) electrons. The third-order valence-corrected chi connectivity index (χ3v) is 10.5. The van der Waals surface area contributed by atoms with Crippen LogP contribution in [0.25, 0.3) is 0 Å². The van der Waals surface area contributed by atoms with Crippen molar-refractivity contribution in [2.45, 2.75) is 13.0 Å². The molecule has 0 aliphatic heterocycles. The summed E-state index contributed by atoms with van der Waals surface area (Å²) in [7, 11) is 0.308. The molecule has 0 saturated carbocycles. The van der Waals surface area contributed by atoms with E-state index in [9.17, 15) is 0 Å². The highest BCUT2D eigenvalue weighted by Crippen LogP contribution is 2.17. The third-order valence-electron chi connectivity index (χ3n) is 2.38. The maximum atomic E-state index is 5.78. The van der Waals surface area contributed by atoms with Crippen molar-refractivity contribution >= 4 is 27.4 Å². The van der Waals surface area contributed by atoms with Gasteiger partial charge in [-0.2, -0.15) is 0 Å². The average molecular weight is 333 g/mol. The maximum absolute atomic E-state index is 5.78. The molecule has 0 unspecified atom stereocenters. The Morgan fingerprint density at radius 1 is 0.632 bits per heavy atom. The zero-order valence-electron chi connectivity index (χ0n) is 12.6. The van der Waals surface area contributed by atoms with E-state index in [1.165, 1.54) is 42.7 Å². The molecule has 19 heavy (non-hydrogen) atoms. The van der Waals surface area contributed by atoms with Crippen LogP contribution in [0.1, 0.15) is 6.92 Å². The van der Waals surface area contributed by atoms with Gasteiger partial charge < -0.3 is 34.8 Å². The summed E-state index contributed by atoms with van der Waals surface area (Å²) in [4.78, 5) is 0. The molecule has 0 amide bonds. The van der Waals surface area contributed by atoms with Crippen LogP contribution >= 0.6 is 0 Å². The van der Waals surface area contributed by atoms with Crippen molar-refractivity contribution in [3.8, 4) is 0 Å². The van der Waals surface area contributed by atoms with E-state index in [1.807, 2.05) is 6.92 Å². The van der Waals surface area contributed by atoms with Crippen LogP contribution in [0.5, 0.6) is 0 Å². The lowest BCUT2D eigenvalue weighted by Gasteiger charge is -2.31. The van der Waals surface area contributed by atoms with Gasteiger partial charge in [0.25, 0.3) is 0 Å². The summed E-state index contributed by atoms with van der Waals surface area (Å²) in [6.07, 6.45) is 0. The normalized spacial score (nSPS) is 13.3. The summed E-state index contributed by atoms with van der Waals surface area (Å²) in [5.74, 6) is 0. The molecule has 0 aromatic rings. The third kappa shape index (κ3) is 5.31. The smallest absolute Gasteiger partial charge is 0.373 e. The largest absolute Gasteiger partial charge is 0.669 e. The first-order chi connectivity index (χ1) is 9.00. The molecule has 0 aromatic heterocycles. The number of hydrogen-bond acceptors (Lipinski definition) is 8. The van der Waals surface area contributed by atoms with Gasteiger partial charge in [-0.3, -0.25) is 0 Å². The van der Waals surface area contributed by atoms with E-state index in [4.69, 9.17) is 34.8 Å². The van der Waals surface area contributed by atoms with Gasteiger partial charge in [0.15, 0.2) is 0 Å². The SMILES string of the molecule is CC[SiH](O[Si](OC)(OC)OC)O[Si](OC)(OC)OC. The Bertz CT molecular complexity index is 198. The summed E-state index contributed by atoms with van der Waals surface area (Å²) in [5, 5.41) is 0. The molecule has 0 atom stereocenters. The Hall–Kier alpha value is 0.331. The van der Waals surface area contributed by atoms with E-state index in [-0.39, 0.29) is 0 Å². The minimum Gasteiger partial charge on any atom is -0.373 e. The highest BCUT2D eigenvalue weighted by Gasteiger charge is 2.50. The monoisotopic (exact) mass is 332 g/mol. The van der Waals surface area contributed by atoms with E-state index in [1.54, 1.807) is 0 Å². The Labute approximate surface area is 118 Å². The molecule has 0 fully saturated rings. The first-order valence-electron chi connectivity index (χ1n) is 5.67. The molecular formula is C8H24O8Si3. The molecule has 11 heteroatoms. The van der Waals surface area contributed by atoms with Crippen molar-refractivity contribution in [1.82, 2.24) is 0 Å². The van der Waals surface area contributed by atoms with Crippen LogP contribution < -0.4 is 0 Å². The molecule has 0 N–H and O–H groups in total. The lowest BCUT2D eigenvalue weighted by molar-refractivity contribution is 0.0212. The second kappa shape index (κ2) is 9.30. The Balaban J connectivity index is 4.83. The van der Waals surface area contributed by atoms with Gasteiger partial charge in [0.2, 0.25) is 0 Å². The Morgan fingerprint density at radius 2 is 0.895 bits per heavy atom. The topological polar surface area (TPSA) is 73.8 Å². The predicted octanol–water partition coefficient (Wildman–Crippen LogP) is 0.00960. The quantitative estimate of drug-likeness (QED) is 0.490. The van der Waals surface area contributed by atoms with E-state index in [0.717, 1.165) is 0 Å². The van der Waals surface area contributed by atoms with Gasteiger partial charge in [-0.25, -0.2) is 0 Å². The second-order valence-corrected chi connectivity index (χ2v) is 11.3.